The van der Waals surface area contributed by atoms with E-state index < -0.39 is 6.04 Å². The zero-order valence-electron chi connectivity index (χ0n) is 11.7. The third kappa shape index (κ3) is 3.45. The summed E-state index contributed by atoms with van der Waals surface area (Å²) in [5.74, 6) is 0.0219. The highest BCUT2D eigenvalue weighted by atomic mass is 16.5. The Labute approximate surface area is 109 Å². The summed E-state index contributed by atoms with van der Waals surface area (Å²) >= 11 is 0. The van der Waals surface area contributed by atoms with Gasteiger partial charge < -0.3 is 15.0 Å². The van der Waals surface area contributed by atoms with Crippen molar-refractivity contribution in [3.05, 3.63) is 0 Å². The lowest BCUT2D eigenvalue weighted by molar-refractivity contribution is -0.151. The lowest BCUT2D eigenvalue weighted by atomic mass is 9.97. The zero-order valence-corrected chi connectivity index (χ0v) is 11.7. The SMILES string of the molecule is CCCOCCN1C(=O)C(C)NC(=O)C1C(C)C. The highest BCUT2D eigenvalue weighted by Gasteiger charge is 2.39. The molecule has 1 rings (SSSR count). The maximum Gasteiger partial charge on any atom is 0.245 e. The Hall–Kier alpha value is -1.10. The van der Waals surface area contributed by atoms with Crippen molar-refractivity contribution in [2.24, 2.45) is 5.92 Å². The largest absolute Gasteiger partial charge is 0.380 e. The van der Waals surface area contributed by atoms with Gasteiger partial charge in [-0.1, -0.05) is 20.8 Å². The first-order valence-corrected chi connectivity index (χ1v) is 6.67. The Balaban J connectivity index is 2.66. The van der Waals surface area contributed by atoms with Crippen LogP contribution in [0, 0.1) is 5.92 Å². The topological polar surface area (TPSA) is 58.6 Å². The summed E-state index contributed by atoms with van der Waals surface area (Å²) in [6, 6.07) is -0.808. The van der Waals surface area contributed by atoms with Gasteiger partial charge >= 0.3 is 0 Å². The molecule has 5 heteroatoms. The lowest BCUT2D eigenvalue weighted by Gasteiger charge is -2.39. The first-order chi connectivity index (χ1) is 8.49. The van der Waals surface area contributed by atoms with Crippen LogP contribution in [0.1, 0.15) is 34.1 Å². The minimum Gasteiger partial charge on any atom is -0.380 e. The summed E-state index contributed by atoms with van der Waals surface area (Å²) in [5, 5.41) is 2.72. The Morgan fingerprint density at radius 3 is 2.56 bits per heavy atom. The molecule has 1 aliphatic rings. The van der Waals surface area contributed by atoms with Crippen LogP contribution in [-0.4, -0.2) is 48.6 Å². The number of hydrogen-bond acceptors (Lipinski definition) is 3. The van der Waals surface area contributed by atoms with Gasteiger partial charge in [0.05, 0.1) is 6.61 Å². The summed E-state index contributed by atoms with van der Waals surface area (Å²) in [7, 11) is 0. The number of hydrogen-bond donors (Lipinski definition) is 1. The molecule has 0 aliphatic carbocycles. The van der Waals surface area contributed by atoms with E-state index in [1.807, 2.05) is 20.8 Å². The first-order valence-electron chi connectivity index (χ1n) is 6.67. The molecule has 1 aliphatic heterocycles. The van der Waals surface area contributed by atoms with E-state index in [9.17, 15) is 9.59 Å². The van der Waals surface area contributed by atoms with Crippen LogP contribution in [0.2, 0.25) is 0 Å². The van der Waals surface area contributed by atoms with Crippen LogP contribution in [0.5, 0.6) is 0 Å². The Morgan fingerprint density at radius 2 is 2.00 bits per heavy atom. The third-order valence-corrected chi connectivity index (χ3v) is 3.07. The third-order valence-electron chi connectivity index (χ3n) is 3.07. The van der Waals surface area contributed by atoms with Crippen molar-refractivity contribution in [1.82, 2.24) is 10.2 Å². The number of amides is 2. The second kappa shape index (κ2) is 6.73. The van der Waals surface area contributed by atoms with Gasteiger partial charge in [-0.15, -0.1) is 0 Å². The molecule has 0 spiro atoms. The molecular weight excluding hydrogens is 232 g/mol. The monoisotopic (exact) mass is 256 g/mol. The number of carbonyl (C=O) groups excluding carboxylic acids is 2. The maximum absolute atomic E-state index is 12.1. The smallest absolute Gasteiger partial charge is 0.245 e. The lowest BCUT2D eigenvalue weighted by Crippen LogP contribution is -2.64. The fourth-order valence-corrected chi connectivity index (χ4v) is 2.21. The Morgan fingerprint density at radius 1 is 1.33 bits per heavy atom. The van der Waals surface area contributed by atoms with Gasteiger partial charge in [0.25, 0.3) is 0 Å². The quantitative estimate of drug-likeness (QED) is 0.715. The minimum absolute atomic E-state index is 0.0200. The molecule has 2 unspecified atom stereocenters. The van der Waals surface area contributed by atoms with Crippen molar-refractivity contribution in [3.8, 4) is 0 Å². The minimum atomic E-state index is -0.432. The number of rotatable bonds is 6. The van der Waals surface area contributed by atoms with Crippen LogP contribution < -0.4 is 5.32 Å². The molecule has 2 amide bonds. The number of carbonyl (C=O) groups is 2. The number of ether oxygens (including phenoxy) is 1. The highest BCUT2D eigenvalue weighted by Crippen LogP contribution is 2.17. The van der Waals surface area contributed by atoms with Crippen LogP contribution in [0.15, 0.2) is 0 Å². The summed E-state index contributed by atoms with van der Waals surface area (Å²) in [6.07, 6.45) is 0.957. The number of nitrogens with one attached hydrogen (secondary N) is 1. The highest BCUT2D eigenvalue weighted by molar-refractivity contribution is 5.96. The normalized spacial score (nSPS) is 24.6. The van der Waals surface area contributed by atoms with Crippen LogP contribution in [0.25, 0.3) is 0 Å². The molecule has 0 saturated carbocycles. The van der Waals surface area contributed by atoms with E-state index in [0.717, 1.165) is 6.42 Å². The predicted molar refractivity (Wildman–Crippen MR) is 69.1 cm³/mol. The van der Waals surface area contributed by atoms with Crippen LogP contribution in [0.3, 0.4) is 0 Å². The molecule has 1 heterocycles. The molecule has 0 bridgehead atoms. The van der Waals surface area contributed by atoms with Crippen molar-refractivity contribution in [1.29, 1.82) is 0 Å². The molecule has 104 valence electrons. The van der Waals surface area contributed by atoms with E-state index in [2.05, 4.69) is 5.32 Å². The van der Waals surface area contributed by atoms with Crippen LogP contribution in [0.4, 0.5) is 0 Å². The van der Waals surface area contributed by atoms with Gasteiger partial charge in [0.2, 0.25) is 11.8 Å². The van der Waals surface area contributed by atoms with Crippen molar-refractivity contribution >= 4 is 11.8 Å². The van der Waals surface area contributed by atoms with Gasteiger partial charge in [-0.2, -0.15) is 0 Å². The van der Waals surface area contributed by atoms with E-state index >= 15 is 0 Å². The predicted octanol–water partition coefficient (Wildman–Crippen LogP) is 0.785. The average Bonchev–Trinajstić information content (AvgIpc) is 2.29. The van der Waals surface area contributed by atoms with Crippen molar-refractivity contribution in [2.75, 3.05) is 19.8 Å². The fraction of sp³-hybridized carbons (Fsp3) is 0.846. The van der Waals surface area contributed by atoms with Gasteiger partial charge in [0, 0.05) is 13.2 Å². The fourth-order valence-electron chi connectivity index (χ4n) is 2.21. The van der Waals surface area contributed by atoms with Crippen molar-refractivity contribution in [3.63, 3.8) is 0 Å². The summed E-state index contributed by atoms with van der Waals surface area (Å²) < 4.78 is 5.41. The standard InChI is InChI=1S/C13H24N2O3/c1-5-7-18-8-6-15-11(9(2)3)12(16)14-10(4)13(15)17/h9-11H,5-8H2,1-4H3,(H,14,16). The zero-order chi connectivity index (χ0) is 13.7. The van der Waals surface area contributed by atoms with Gasteiger partial charge in [-0.05, 0) is 19.3 Å². The average molecular weight is 256 g/mol. The molecular formula is C13H24N2O3. The van der Waals surface area contributed by atoms with E-state index in [1.54, 1.807) is 11.8 Å². The van der Waals surface area contributed by atoms with E-state index in [4.69, 9.17) is 4.74 Å². The maximum atomic E-state index is 12.1. The summed E-state index contributed by atoms with van der Waals surface area (Å²) in [6.45, 7) is 9.33. The molecule has 1 saturated heterocycles. The Kier molecular flexibility index (Phi) is 5.59. The molecule has 2 atom stereocenters. The van der Waals surface area contributed by atoms with E-state index in [1.165, 1.54) is 0 Å². The first kappa shape index (κ1) is 15.0. The molecule has 0 radical (unpaired) electrons. The second-order valence-corrected chi connectivity index (χ2v) is 5.06. The van der Waals surface area contributed by atoms with Crippen molar-refractivity contribution in [2.45, 2.75) is 46.2 Å². The van der Waals surface area contributed by atoms with Crippen LogP contribution >= 0.6 is 0 Å². The van der Waals surface area contributed by atoms with E-state index in [-0.39, 0.29) is 23.8 Å². The molecule has 1 N–H and O–H groups in total. The summed E-state index contributed by atoms with van der Waals surface area (Å²) in [5.41, 5.74) is 0. The number of piperazine rings is 1. The molecule has 1 fully saturated rings. The molecule has 18 heavy (non-hydrogen) atoms. The summed E-state index contributed by atoms with van der Waals surface area (Å²) in [4.78, 5) is 25.7. The van der Waals surface area contributed by atoms with Gasteiger partial charge in [0.1, 0.15) is 12.1 Å². The van der Waals surface area contributed by atoms with Gasteiger partial charge in [-0.3, -0.25) is 9.59 Å². The van der Waals surface area contributed by atoms with E-state index in [0.29, 0.717) is 19.8 Å². The van der Waals surface area contributed by atoms with Gasteiger partial charge in [0.15, 0.2) is 0 Å². The second-order valence-electron chi connectivity index (χ2n) is 5.06. The molecule has 0 aromatic heterocycles. The molecule has 0 aromatic carbocycles. The molecule has 5 nitrogen and oxygen atoms in total. The van der Waals surface area contributed by atoms with Crippen molar-refractivity contribution < 1.29 is 14.3 Å². The van der Waals surface area contributed by atoms with Gasteiger partial charge in [-0.25, -0.2) is 0 Å². The Bertz CT molecular complexity index is 305. The molecule has 0 aromatic rings. The van der Waals surface area contributed by atoms with Crippen LogP contribution in [-0.2, 0) is 14.3 Å². The number of nitrogens with zero attached hydrogens (tertiary/aromatic N) is 1.